The molecule has 0 amide bonds. The summed E-state index contributed by atoms with van der Waals surface area (Å²) in [4.78, 5) is 0. The predicted octanol–water partition coefficient (Wildman–Crippen LogP) is 2.33. The van der Waals surface area contributed by atoms with E-state index in [1.165, 1.54) is 11.1 Å². The van der Waals surface area contributed by atoms with Gasteiger partial charge in [-0.05, 0) is 44.2 Å². The van der Waals surface area contributed by atoms with Crippen LogP contribution >= 0.6 is 0 Å². The van der Waals surface area contributed by atoms with E-state index in [2.05, 4.69) is 31.2 Å². The van der Waals surface area contributed by atoms with E-state index in [1.807, 2.05) is 0 Å². The Bertz CT molecular complexity index is 465. The quantitative estimate of drug-likeness (QED) is 0.796. The number of hydrogen-bond donors (Lipinski definition) is 1. The lowest BCUT2D eigenvalue weighted by Crippen LogP contribution is -2.18. The smallest absolute Gasteiger partial charge is 0.150 e. The minimum Gasteiger partial charge on any atom is -0.330 e. The van der Waals surface area contributed by atoms with Crippen molar-refractivity contribution in [3.63, 3.8) is 0 Å². The zero-order chi connectivity index (χ0) is 14.3. The maximum Gasteiger partial charge on any atom is 0.150 e. The molecule has 4 heteroatoms. The molecule has 0 aliphatic carbocycles. The highest BCUT2D eigenvalue weighted by Crippen LogP contribution is 2.14. The van der Waals surface area contributed by atoms with Gasteiger partial charge in [-0.25, -0.2) is 8.42 Å². The standard InChI is InChI=1S/C15H25NO2S/c1-3-19(17,18)10-4-5-15(12-16)11-14-8-6-13(2)7-9-14/h6-9,15H,3-5,10-12,16H2,1-2H3. The maximum absolute atomic E-state index is 11.4. The van der Waals surface area contributed by atoms with Gasteiger partial charge in [-0.15, -0.1) is 0 Å². The molecule has 108 valence electrons. The van der Waals surface area contributed by atoms with Crippen molar-refractivity contribution in [2.75, 3.05) is 18.1 Å². The van der Waals surface area contributed by atoms with Crippen LogP contribution in [0, 0.1) is 12.8 Å². The van der Waals surface area contributed by atoms with Crippen molar-refractivity contribution in [3.05, 3.63) is 35.4 Å². The third-order valence-corrected chi connectivity index (χ3v) is 5.28. The zero-order valence-electron chi connectivity index (χ0n) is 11.9. The fourth-order valence-corrected chi connectivity index (χ4v) is 2.99. The number of rotatable bonds is 8. The molecule has 19 heavy (non-hydrogen) atoms. The van der Waals surface area contributed by atoms with Gasteiger partial charge in [0, 0.05) is 5.75 Å². The Morgan fingerprint density at radius 1 is 1.21 bits per heavy atom. The zero-order valence-corrected chi connectivity index (χ0v) is 12.7. The highest BCUT2D eigenvalue weighted by atomic mass is 32.2. The van der Waals surface area contributed by atoms with Gasteiger partial charge in [0.15, 0.2) is 0 Å². The fraction of sp³-hybridized carbons (Fsp3) is 0.600. The van der Waals surface area contributed by atoms with Gasteiger partial charge in [0.25, 0.3) is 0 Å². The number of sulfone groups is 1. The average molecular weight is 283 g/mol. The van der Waals surface area contributed by atoms with Gasteiger partial charge in [-0.3, -0.25) is 0 Å². The molecule has 0 radical (unpaired) electrons. The van der Waals surface area contributed by atoms with E-state index in [9.17, 15) is 8.42 Å². The van der Waals surface area contributed by atoms with Crippen LogP contribution in [0.2, 0.25) is 0 Å². The van der Waals surface area contributed by atoms with Crippen LogP contribution < -0.4 is 5.73 Å². The number of benzene rings is 1. The first-order valence-corrected chi connectivity index (χ1v) is 8.75. The van der Waals surface area contributed by atoms with Crippen molar-refractivity contribution in [3.8, 4) is 0 Å². The molecule has 0 spiro atoms. The summed E-state index contributed by atoms with van der Waals surface area (Å²) in [5.74, 6) is 0.890. The van der Waals surface area contributed by atoms with E-state index in [-0.39, 0.29) is 11.5 Å². The van der Waals surface area contributed by atoms with Gasteiger partial charge in [0.2, 0.25) is 0 Å². The Labute approximate surface area is 117 Å². The van der Waals surface area contributed by atoms with Gasteiger partial charge >= 0.3 is 0 Å². The summed E-state index contributed by atoms with van der Waals surface area (Å²) in [6.07, 6.45) is 2.52. The summed E-state index contributed by atoms with van der Waals surface area (Å²) >= 11 is 0. The molecule has 0 bridgehead atoms. The van der Waals surface area contributed by atoms with Crippen LogP contribution in [-0.4, -0.2) is 26.5 Å². The minimum atomic E-state index is -2.84. The lowest BCUT2D eigenvalue weighted by atomic mass is 9.95. The molecule has 0 saturated heterocycles. The second kappa shape index (κ2) is 7.65. The molecular formula is C15H25NO2S. The molecular weight excluding hydrogens is 258 g/mol. The molecule has 0 aliphatic rings. The van der Waals surface area contributed by atoms with E-state index in [0.29, 0.717) is 18.9 Å². The van der Waals surface area contributed by atoms with Crippen molar-refractivity contribution in [1.29, 1.82) is 0 Å². The van der Waals surface area contributed by atoms with Crippen LogP contribution in [0.15, 0.2) is 24.3 Å². The molecule has 1 aromatic carbocycles. The van der Waals surface area contributed by atoms with Crippen LogP contribution in [0.3, 0.4) is 0 Å². The molecule has 1 unspecified atom stereocenters. The van der Waals surface area contributed by atoms with E-state index < -0.39 is 9.84 Å². The summed E-state index contributed by atoms with van der Waals surface area (Å²) < 4.78 is 22.9. The van der Waals surface area contributed by atoms with E-state index >= 15 is 0 Å². The minimum absolute atomic E-state index is 0.234. The number of aryl methyl sites for hydroxylation is 1. The molecule has 0 heterocycles. The molecule has 0 aliphatic heterocycles. The fourth-order valence-electron chi connectivity index (χ4n) is 2.10. The molecule has 2 N–H and O–H groups in total. The SMILES string of the molecule is CCS(=O)(=O)CCCC(CN)Cc1ccc(C)cc1. The summed E-state index contributed by atoms with van der Waals surface area (Å²) in [6.45, 7) is 4.38. The summed E-state index contributed by atoms with van der Waals surface area (Å²) in [5, 5.41) is 0. The van der Waals surface area contributed by atoms with Crippen LogP contribution in [0.25, 0.3) is 0 Å². The van der Waals surface area contributed by atoms with Crippen molar-refractivity contribution < 1.29 is 8.42 Å². The molecule has 3 nitrogen and oxygen atoms in total. The first-order chi connectivity index (χ1) is 8.96. The summed E-state index contributed by atoms with van der Waals surface area (Å²) in [6, 6.07) is 8.45. The Kier molecular flexibility index (Phi) is 6.52. The van der Waals surface area contributed by atoms with E-state index in [1.54, 1.807) is 6.92 Å². The van der Waals surface area contributed by atoms with E-state index in [4.69, 9.17) is 5.73 Å². The lowest BCUT2D eigenvalue weighted by Gasteiger charge is -2.14. The largest absolute Gasteiger partial charge is 0.330 e. The number of hydrogen-bond acceptors (Lipinski definition) is 3. The molecule has 1 atom stereocenters. The second-order valence-corrected chi connectivity index (χ2v) is 7.64. The number of nitrogens with two attached hydrogens (primary N) is 1. The lowest BCUT2D eigenvalue weighted by molar-refractivity contribution is 0.485. The van der Waals surface area contributed by atoms with Crippen LogP contribution in [0.5, 0.6) is 0 Å². The molecule has 0 aromatic heterocycles. The predicted molar refractivity (Wildman–Crippen MR) is 81.0 cm³/mol. The van der Waals surface area contributed by atoms with Gasteiger partial charge in [0.05, 0.1) is 5.75 Å². The highest BCUT2D eigenvalue weighted by molar-refractivity contribution is 7.91. The van der Waals surface area contributed by atoms with Crippen molar-refractivity contribution in [2.24, 2.45) is 11.7 Å². The summed E-state index contributed by atoms with van der Waals surface area (Å²) in [7, 11) is -2.84. The van der Waals surface area contributed by atoms with Crippen LogP contribution in [-0.2, 0) is 16.3 Å². The topological polar surface area (TPSA) is 60.2 Å². The Balaban J connectivity index is 2.44. The highest BCUT2D eigenvalue weighted by Gasteiger charge is 2.11. The Hall–Kier alpha value is -0.870. The van der Waals surface area contributed by atoms with Crippen LogP contribution in [0.1, 0.15) is 30.9 Å². The van der Waals surface area contributed by atoms with Gasteiger partial charge in [-0.2, -0.15) is 0 Å². The summed E-state index contributed by atoms with van der Waals surface area (Å²) in [5.41, 5.74) is 8.31. The molecule has 1 aromatic rings. The van der Waals surface area contributed by atoms with Crippen molar-refractivity contribution in [2.45, 2.75) is 33.1 Å². The Morgan fingerprint density at radius 3 is 2.37 bits per heavy atom. The first kappa shape index (κ1) is 16.2. The third-order valence-electron chi connectivity index (χ3n) is 3.49. The maximum atomic E-state index is 11.4. The molecule has 0 saturated carbocycles. The van der Waals surface area contributed by atoms with Gasteiger partial charge in [-0.1, -0.05) is 36.8 Å². The van der Waals surface area contributed by atoms with Gasteiger partial charge < -0.3 is 5.73 Å². The van der Waals surface area contributed by atoms with E-state index in [0.717, 1.165) is 12.8 Å². The first-order valence-electron chi connectivity index (χ1n) is 6.93. The molecule has 1 rings (SSSR count). The third kappa shape index (κ3) is 6.21. The van der Waals surface area contributed by atoms with Crippen LogP contribution in [0.4, 0.5) is 0 Å². The second-order valence-electron chi connectivity index (χ2n) is 5.17. The average Bonchev–Trinajstić information content (AvgIpc) is 2.40. The van der Waals surface area contributed by atoms with Crippen molar-refractivity contribution >= 4 is 9.84 Å². The van der Waals surface area contributed by atoms with Crippen molar-refractivity contribution in [1.82, 2.24) is 0 Å². The normalized spacial score (nSPS) is 13.4. The monoisotopic (exact) mass is 283 g/mol. The Morgan fingerprint density at radius 2 is 1.84 bits per heavy atom. The molecule has 0 fully saturated rings. The van der Waals surface area contributed by atoms with Gasteiger partial charge in [0.1, 0.15) is 9.84 Å².